The standard InChI is InChI=1S/C27H31N5O4S/c1-28-18-22(25(33)29(2)27(28)35)31-15-13-30(14-16-31)11-6-12-32-20-7-4-5-8-23(20)37-24-10-9-19(17-21(24)32)26(34)36-3/h4-5,7-10,17-18H,6,11-16H2,1-3H3. The van der Waals surface area contributed by atoms with Gasteiger partial charge in [-0.25, -0.2) is 9.59 Å². The Balaban J connectivity index is 1.25. The van der Waals surface area contributed by atoms with Crippen molar-refractivity contribution >= 4 is 34.8 Å². The zero-order chi connectivity index (χ0) is 26.1. The van der Waals surface area contributed by atoms with E-state index >= 15 is 0 Å². The van der Waals surface area contributed by atoms with Crippen molar-refractivity contribution in [1.29, 1.82) is 0 Å². The average Bonchev–Trinajstić information content (AvgIpc) is 2.93. The molecule has 1 saturated heterocycles. The van der Waals surface area contributed by atoms with E-state index in [0.717, 1.165) is 62.0 Å². The molecule has 0 unspecified atom stereocenters. The minimum atomic E-state index is -0.335. The van der Waals surface area contributed by atoms with Gasteiger partial charge in [-0.2, -0.15) is 0 Å². The predicted octanol–water partition coefficient (Wildman–Crippen LogP) is 2.69. The maximum atomic E-state index is 12.6. The fourth-order valence-electron chi connectivity index (χ4n) is 4.99. The number of aromatic nitrogens is 2. The van der Waals surface area contributed by atoms with Gasteiger partial charge in [0.25, 0.3) is 5.56 Å². The van der Waals surface area contributed by atoms with Gasteiger partial charge in [-0.15, -0.1) is 0 Å². The van der Waals surface area contributed by atoms with E-state index in [0.29, 0.717) is 11.3 Å². The van der Waals surface area contributed by atoms with Crippen molar-refractivity contribution in [3.63, 3.8) is 0 Å². The fraction of sp³-hybridized carbons (Fsp3) is 0.370. The van der Waals surface area contributed by atoms with Crippen LogP contribution in [0.15, 0.2) is 68.0 Å². The molecule has 3 aromatic rings. The van der Waals surface area contributed by atoms with Crippen LogP contribution in [0.5, 0.6) is 0 Å². The molecule has 0 radical (unpaired) electrons. The number of rotatable bonds is 6. The van der Waals surface area contributed by atoms with Crippen LogP contribution in [0.2, 0.25) is 0 Å². The monoisotopic (exact) mass is 521 g/mol. The zero-order valence-corrected chi connectivity index (χ0v) is 22.2. The van der Waals surface area contributed by atoms with Crippen molar-refractivity contribution in [2.45, 2.75) is 16.2 Å². The molecule has 0 atom stereocenters. The molecule has 5 rings (SSSR count). The lowest BCUT2D eigenvalue weighted by Crippen LogP contribution is -2.50. The molecule has 0 N–H and O–H groups in total. The summed E-state index contributed by atoms with van der Waals surface area (Å²) in [5, 5.41) is 0. The Morgan fingerprint density at radius 3 is 2.41 bits per heavy atom. The third-order valence-electron chi connectivity index (χ3n) is 7.04. The van der Waals surface area contributed by atoms with E-state index in [9.17, 15) is 14.4 Å². The zero-order valence-electron chi connectivity index (χ0n) is 21.3. The van der Waals surface area contributed by atoms with Crippen LogP contribution >= 0.6 is 11.8 Å². The Bertz CT molecular complexity index is 1440. The van der Waals surface area contributed by atoms with E-state index in [1.165, 1.54) is 28.2 Å². The van der Waals surface area contributed by atoms with E-state index in [1.54, 1.807) is 25.0 Å². The number of aryl methyl sites for hydroxylation is 1. The number of methoxy groups -OCH3 is 1. The van der Waals surface area contributed by atoms with E-state index in [2.05, 4.69) is 32.9 Å². The average molecular weight is 522 g/mol. The van der Waals surface area contributed by atoms with Crippen LogP contribution in [-0.4, -0.2) is 66.4 Å². The van der Waals surface area contributed by atoms with Crippen LogP contribution in [0.4, 0.5) is 17.1 Å². The van der Waals surface area contributed by atoms with Gasteiger partial charge in [0.2, 0.25) is 0 Å². The second-order valence-corrected chi connectivity index (χ2v) is 10.4. The molecule has 3 heterocycles. The number of anilines is 3. The van der Waals surface area contributed by atoms with Gasteiger partial charge in [0.05, 0.1) is 24.0 Å². The lowest BCUT2D eigenvalue weighted by molar-refractivity contribution is 0.0600. The van der Waals surface area contributed by atoms with Gasteiger partial charge in [-0.1, -0.05) is 23.9 Å². The van der Waals surface area contributed by atoms with E-state index in [4.69, 9.17) is 4.74 Å². The molecule has 0 amide bonds. The molecule has 2 aliphatic heterocycles. The maximum Gasteiger partial charge on any atom is 0.337 e. The molecule has 2 aromatic carbocycles. The number of esters is 1. The van der Waals surface area contributed by atoms with Crippen LogP contribution in [0.25, 0.3) is 0 Å². The number of fused-ring (bicyclic) bond motifs is 2. The molecule has 194 valence electrons. The molecule has 9 nitrogen and oxygen atoms in total. The number of carbonyl (C=O) groups excluding carboxylic acids is 1. The lowest BCUT2D eigenvalue weighted by atomic mass is 10.1. The van der Waals surface area contributed by atoms with Crippen LogP contribution < -0.4 is 21.0 Å². The molecular formula is C27H31N5O4S. The Hall–Kier alpha value is -3.50. The van der Waals surface area contributed by atoms with E-state index < -0.39 is 0 Å². The summed E-state index contributed by atoms with van der Waals surface area (Å²) in [4.78, 5) is 45.9. The molecule has 10 heteroatoms. The van der Waals surface area contributed by atoms with Crippen molar-refractivity contribution < 1.29 is 9.53 Å². The highest BCUT2D eigenvalue weighted by Gasteiger charge is 2.25. The first-order chi connectivity index (χ1) is 17.9. The van der Waals surface area contributed by atoms with Gasteiger partial charge < -0.3 is 19.1 Å². The molecule has 0 bridgehead atoms. The summed E-state index contributed by atoms with van der Waals surface area (Å²) in [5.74, 6) is -0.335. The summed E-state index contributed by atoms with van der Waals surface area (Å²) in [6, 6.07) is 14.1. The highest BCUT2D eigenvalue weighted by molar-refractivity contribution is 7.99. The van der Waals surface area contributed by atoms with Gasteiger partial charge in [0, 0.05) is 62.8 Å². The molecular weight excluding hydrogens is 490 g/mol. The molecule has 2 aliphatic rings. The van der Waals surface area contributed by atoms with Gasteiger partial charge >= 0.3 is 11.7 Å². The smallest absolute Gasteiger partial charge is 0.337 e. The van der Waals surface area contributed by atoms with E-state index in [1.807, 2.05) is 24.3 Å². The van der Waals surface area contributed by atoms with Gasteiger partial charge in [-0.05, 0) is 43.3 Å². The van der Waals surface area contributed by atoms with Crippen molar-refractivity contribution in [2.24, 2.45) is 14.1 Å². The SMILES string of the molecule is COC(=O)c1ccc2c(c1)N(CCCN1CCN(c3cn(C)c(=O)n(C)c3=O)CC1)c1ccccc1S2. The summed E-state index contributed by atoms with van der Waals surface area (Å²) in [6.07, 6.45) is 2.59. The molecule has 1 aromatic heterocycles. The van der Waals surface area contributed by atoms with Gasteiger partial charge in [0.1, 0.15) is 5.69 Å². The number of para-hydroxylation sites is 1. The number of ether oxygens (including phenoxy) is 1. The largest absolute Gasteiger partial charge is 0.465 e. The van der Waals surface area contributed by atoms with Crippen molar-refractivity contribution in [2.75, 3.05) is 56.2 Å². The summed E-state index contributed by atoms with van der Waals surface area (Å²) >= 11 is 1.72. The van der Waals surface area contributed by atoms with Gasteiger partial charge in [0.15, 0.2) is 0 Å². The van der Waals surface area contributed by atoms with E-state index in [-0.39, 0.29) is 17.2 Å². The first-order valence-electron chi connectivity index (χ1n) is 12.4. The topological polar surface area (TPSA) is 80.0 Å². The molecule has 0 saturated carbocycles. The third-order valence-corrected chi connectivity index (χ3v) is 8.17. The van der Waals surface area contributed by atoms with Crippen LogP contribution in [-0.2, 0) is 18.8 Å². The molecule has 0 aliphatic carbocycles. The summed E-state index contributed by atoms with van der Waals surface area (Å²) in [5.41, 5.74) is 2.74. The number of carbonyl (C=O) groups is 1. The summed E-state index contributed by atoms with van der Waals surface area (Å²) < 4.78 is 7.57. The van der Waals surface area contributed by atoms with Crippen molar-refractivity contribution in [3.8, 4) is 0 Å². The van der Waals surface area contributed by atoms with Crippen LogP contribution in [0.1, 0.15) is 16.8 Å². The lowest BCUT2D eigenvalue weighted by Gasteiger charge is -2.37. The second-order valence-electron chi connectivity index (χ2n) is 9.35. The first-order valence-corrected chi connectivity index (χ1v) is 13.2. The van der Waals surface area contributed by atoms with Crippen LogP contribution in [0, 0.1) is 0 Å². The molecule has 1 fully saturated rings. The molecule has 37 heavy (non-hydrogen) atoms. The number of hydrogen-bond acceptors (Lipinski definition) is 8. The van der Waals surface area contributed by atoms with Crippen molar-refractivity contribution in [1.82, 2.24) is 14.0 Å². The third kappa shape index (κ3) is 4.91. The van der Waals surface area contributed by atoms with Crippen LogP contribution in [0.3, 0.4) is 0 Å². The fourth-order valence-corrected chi connectivity index (χ4v) is 6.06. The second kappa shape index (κ2) is 10.5. The number of hydrogen-bond donors (Lipinski definition) is 0. The minimum Gasteiger partial charge on any atom is -0.465 e. The molecule has 0 spiro atoms. The highest BCUT2D eigenvalue weighted by Crippen LogP contribution is 2.48. The Morgan fingerprint density at radius 2 is 1.65 bits per heavy atom. The summed E-state index contributed by atoms with van der Waals surface area (Å²) in [7, 11) is 4.60. The highest BCUT2D eigenvalue weighted by atomic mass is 32.2. The quantitative estimate of drug-likeness (QED) is 0.458. The Kier molecular flexibility index (Phi) is 7.12. The normalized spacial score (nSPS) is 15.3. The number of benzene rings is 2. The van der Waals surface area contributed by atoms with Crippen molar-refractivity contribution in [3.05, 3.63) is 75.1 Å². The maximum absolute atomic E-state index is 12.6. The predicted molar refractivity (Wildman–Crippen MR) is 146 cm³/mol. The van der Waals surface area contributed by atoms with Gasteiger partial charge in [-0.3, -0.25) is 14.3 Å². The summed E-state index contributed by atoms with van der Waals surface area (Å²) in [6.45, 7) is 4.92. The first kappa shape index (κ1) is 25.2. The number of piperazine rings is 1. The Labute approximate surface area is 219 Å². The Morgan fingerprint density at radius 1 is 0.919 bits per heavy atom. The number of nitrogens with zero attached hydrogens (tertiary/aromatic N) is 5. The minimum absolute atomic E-state index is 0.247.